The Kier molecular flexibility index (Phi) is 5.68. The maximum atomic E-state index is 12.7. The van der Waals surface area contributed by atoms with Gasteiger partial charge in [0, 0.05) is 43.0 Å². The van der Waals surface area contributed by atoms with Gasteiger partial charge in [-0.1, -0.05) is 0 Å². The lowest BCUT2D eigenvalue weighted by molar-refractivity contribution is -0.137. The molecule has 9 heteroatoms. The van der Waals surface area contributed by atoms with Gasteiger partial charge in [0.25, 0.3) is 0 Å². The Morgan fingerprint density at radius 1 is 1.15 bits per heavy atom. The number of pyridine rings is 1. The highest BCUT2D eigenvalue weighted by molar-refractivity contribution is 5.92. The average Bonchev–Trinajstić information content (AvgIpc) is 2.86. The van der Waals surface area contributed by atoms with Gasteiger partial charge < -0.3 is 20.5 Å². The van der Waals surface area contributed by atoms with Crippen LogP contribution < -0.4 is 20.5 Å². The molecule has 0 unspecified atom stereocenters. The number of nitrogens with one attached hydrogen (secondary N) is 1. The van der Waals surface area contributed by atoms with E-state index >= 15 is 0 Å². The third-order valence-corrected chi connectivity index (χ3v) is 3.81. The Labute approximate surface area is 154 Å². The van der Waals surface area contributed by atoms with Crippen LogP contribution in [0.2, 0.25) is 0 Å². The van der Waals surface area contributed by atoms with E-state index in [-0.39, 0.29) is 18.9 Å². The van der Waals surface area contributed by atoms with Gasteiger partial charge >= 0.3 is 6.18 Å². The lowest BCUT2D eigenvalue weighted by Crippen LogP contribution is -2.23. The second-order valence-electron chi connectivity index (χ2n) is 5.89. The second kappa shape index (κ2) is 8.15. The Morgan fingerprint density at radius 2 is 1.93 bits per heavy atom. The number of rotatable bonds is 4. The molecular formula is C18H19F3N4O2. The van der Waals surface area contributed by atoms with Gasteiger partial charge in [0.1, 0.15) is 0 Å². The zero-order chi connectivity index (χ0) is 19.3. The molecule has 1 aliphatic heterocycles. The molecule has 0 bridgehead atoms. The first-order valence-corrected chi connectivity index (χ1v) is 8.40. The van der Waals surface area contributed by atoms with Crippen LogP contribution in [0.1, 0.15) is 17.7 Å². The molecule has 0 radical (unpaired) electrons. The third kappa shape index (κ3) is 5.25. The number of fused-ring (bicyclic) bond motifs is 1. The van der Waals surface area contributed by atoms with E-state index in [1.807, 2.05) is 0 Å². The predicted molar refractivity (Wildman–Crippen MR) is 95.1 cm³/mol. The number of nitrogens with zero attached hydrogens (tertiary/aromatic N) is 2. The standard InChI is InChI=1S/C18H19F3N4O2/c19-18(20,21)12-4-6-23-13(10-12)5-7-24-17(22)25-14-2-3-15-16(11-14)27-9-1-8-26-15/h2-4,6,10-11H,1,5,7-9H2,(H3,22,24,25). The minimum absolute atomic E-state index is 0.150. The van der Waals surface area contributed by atoms with Crippen molar-refractivity contribution in [2.75, 3.05) is 25.1 Å². The van der Waals surface area contributed by atoms with E-state index in [9.17, 15) is 13.2 Å². The highest BCUT2D eigenvalue weighted by Gasteiger charge is 2.30. The molecule has 0 aliphatic carbocycles. The van der Waals surface area contributed by atoms with Crippen molar-refractivity contribution < 1.29 is 22.6 Å². The van der Waals surface area contributed by atoms with E-state index in [2.05, 4.69) is 15.3 Å². The molecule has 1 aromatic heterocycles. The maximum Gasteiger partial charge on any atom is 0.416 e. The number of nitrogens with two attached hydrogens (primary N) is 1. The van der Waals surface area contributed by atoms with Crippen molar-refractivity contribution in [3.63, 3.8) is 0 Å². The van der Waals surface area contributed by atoms with E-state index in [4.69, 9.17) is 15.2 Å². The van der Waals surface area contributed by atoms with Crippen molar-refractivity contribution >= 4 is 11.6 Å². The van der Waals surface area contributed by atoms with Crippen LogP contribution in [-0.4, -0.2) is 30.7 Å². The second-order valence-corrected chi connectivity index (χ2v) is 5.89. The van der Waals surface area contributed by atoms with Crippen molar-refractivity contribution in [2.24, 2.45) is 10.7 Å². The summed E-state index contributed by atoms with van der Waals surface area (Å²) in [7, 11) is 0. The summed E-state index contributed by atoms with van der Waals surface area (Å²) in [6.45, 7) is 1.38. The Morgan fingerprint density at radius 3 is 2.70 bits per heavy atom. The first-order chi connectivity index (χ1) is 12.9. The summed E-state index contributed by atoms with van der Waals surface area (Å²) >= 11 is 0. The van der Waals surface area contributed by atoms with Crippen LogP contribution in [0.25, 0.3) is 0 Å². The van der Waals surface area contributed by atoms with Crippen LogP contribution in [0.4, 0.5) is 18.9 Å². The molecule has 0 spiro atoms. The summed E-state index contributed by atoms with van der Waals surface area (Å²) in [5.41, 5.74) is 6.10. The molecular weight excluding hydrogens is 361 g/mol. The Hall–Kier alpha value is -2.97. The monoisotopic (exact) mass is 380 g/mol. The van der Waals surface area contributed by atoms with E-state index in [1.54, 1.807) is 18.2 Å². The number of alkyl halides is 3. The largest absolute Gasteiger partial charge is 0.490 e. The van der Waals surface area contributed by atoms with Crippen molar-refractivity contribution in [3.8, 4) is 11.5 Å². The van der Waals surface area contributed by atoms with E-state index in [0.29, 0.717) is 36.1 Å². The van der Waals surface area contributed by atoms with Gasteiger partial charge in [0.05, 0.1) is 18.8 Å². The smallest absolute Gasteiger partial charge is 0.416 e. The van der Waals surface area contributed by atoms with Crippen LogP contribution in [-0.2, 0) is 12.6 Å². The van der Waals surface area contributed by atoms with Crippen LogP contribution in [0.15, 0.2) is 41.5 Å². The average molecular weight is 380 g/mol. The minimum Gasteiger partial charge on any atom is -0.490 e. The number of aromatic nitrogens is 1. The molecule has 0 amide bonds. The first-order valence-electron chi connectivity index (χ1n) is 8.40. The van der Waals surface area contributed by atoms with Crippen LogP contribution in [0.5, 0.6) is 11.5 Å². The SMILES string of the molecule is NC(=NCCc1cc(C(F)(F)F)ccn1)Nc1ccc2c(c1)OCCCO2. The number of aliphatic imine (C=N–C) groups is 1. The number of halogens is 3. The fourth-order valence-corrected chi connectivity index (χ4v) is 2.51. The molecule has 27 heavy (non-hydrogen) atoms. The summed E-state index contributed by atoms with van der Waals surface area (Å²) in [6, 6.07) is 7.28. The summed E-state index contributed by atoms with van der Waals surface area (Å²) in [6.07, 6.45) is -2.20. The normalized spacial score (nSPS) is 14.6. The van der Waals surface area contributed by atoms with E-state index in [1.165, 1.54) is 0 Å². The lowest BCUT2D eigenvalue weighted by Gasteiger charge is -2.11. The number of hydrogen-bond donors (Lipinski definition) is 2. The summed E-state index contributed by atoms with van der Waals surface area (Å²) in [5, 5.41) is 2.93. The zero-order valence-corrected chi connectivity index (χ0v) is 14.4. The lowest BCUT2D eigenvalue weighted by atomic mass is 10.2. The fraction of sp³-hybridized carbons (Fsp3) is 0.333. The highest BCUT2D eigenvalue weighted by atomic mass is 19.4. The van der Waals surface area contributed by atoms with Crippen LogP contribution in [0.3, 0.4) is 0 Å². The molecule has 0 saturated heterocycles. The molecule has 0 saturated carbocycles. The molecule has 0 fully saturated rings. The molecule has 2 aromatic rings. The number of anilines is 1. The Balaban J connectivity index is 1.58. The molecule has 3 N–H and O–H groups in total. The number of hydrogen-bond acceptors (Lipinski definition) is 4. The van der Waals surface area contributed by atoms with Gasteiger partial charge in [0.2, 0.25) is 0 Å². The molecule has 144 valence electrons. The van der Waals surface area contributed by atoms with Crippen LogP contribution >= 0.6 is 0 Å². The van der Waals surface area contributed by atoms with E-state index < -0.39 is 11.7 Å². The summed E-state index contributed by atoms with van der Waals surface area (Å²) < 4.78 is 49.3. The predicted octanol–water partition coefficient (Wildman–Crippen LogP) is 3.23. The molecule has 1 aliphatic rings. The third-order valence-electron chi connectivity index (χ3n) is 3.81. The maximum absolute atomic E-state index is 12.7. The fourth-order valence-electron chi connectivity index (χ4n) is 2.51. The van der Waals surface area contributed by atoms with E-state index in [0.717, 1.165) is 24.8 Å². The highest BCUT2D eigenvalue weighted by Crippen LogP contribution is 2.32. The van der Waals surface area contributed by atoms with Crippen molar-refractivity contribution in [1.29, 1.82) is 0 Å². The minimum atomic E-state index is -4.39. The van der Waals surface area contributed by atoms with Gasteiger partial charge in [0.15, 0.2) is 17.5 Å². The molecule has 2 heterocycles. The molecule has 6 nitrogen and oxygen atoms in total. The molecule has 3 rings (SSSR count). The van der Waals surface area contributed by atoms with Gasteiger partial charge in [-0.05, 0) is 24.3 Å². The number of guanidine groups is 1. The van der Waals surface area contributed by atoms with Crippen LogP contribution in [0, 0.1) is 0 Å². The van der Waals surface area contributed by atoms with Gasteiger partial charge in [-0.25, -0.2) is 0 Å². The summed E-state index contributed by atoms with van der Waals surface area (Å²) in [5.74, 6) is 1.44. The number of ether oxygens (including phenoxy) is 2. The first kappa shape index (κ1) is 18.8. The Bertz CT molecular complexity index is 824. The van der Waals surface area contributed by atoms with Crippen molar-refractivity contribution in [2.45, 2.75) is 19.0 Å². The van der Waals surface area contributed by atoms with Gasteiger partial charge in [-0.15, -0.1) is 0 Å². The molecule has 0 atom stereocenters. The van der Waals surface area contributed by atoms with Gasteiger partial charge in [-0.2, -0.15) is 13.2 Å². The molecule has 1 aromatic carbocycles. The van der Waals surface area contributed by atoms with Crippen molar-refractivity contribution in [1.82, 2.24) is 4.98 Å². The number of benzene rings is 1. The zero-order valence-electron chi connectivity index (χ0n) is 14.4. The quantitative estimate of drug-likeness (QED) is 0.629. The topological polar surface area (TPSA) is 81.8 Å². The van der Waals surface area contributed by atoms with Crippen molar-refractivity contribution in [3.05, 3.63) is 47.8 Å². The summed E-state index contributed by atoms with van der Waals surface area (Å²) in [4.78, 5) is 8.06. The van der Waals surface area contributed by atoms with Gasteiger partial charge in [-0.3, -0.25) is 9.98 Å².